The number of phenols is 2. The lowest BCUT2D eigenvalue weighted by Gasteiger charge is -2.49. The SMILES string of the molecule is COc1ccc(COC(=O)C2=C(CCl)CS[C@H]3C(NC(=O)/C(=N\O[C@@H](C(=O)OC(c4ccccc4)c4ccccc4)c4ccc(O)c(O)c4)c4csc(NC(c5ccccc5)(c5ccccc5)c5ccccc5)n4)C(=O)N23)cc1. The number of carbonyl (C=O) groups is 4. The van der Waals surface area contributed by atoms with Gasteiger partial charge in [-0.2, -0.15) is 0 Å². The molecule has 1 saturated heterocycles. The third kappa shape index (κ3) is 11.4. The molecule has 3 atom stereocenters. The number of hydrogen-bond donors (Lipinski definition) is 4. The number of nitrogens with zero attached hydrogens (tertiary/aromatic N) is 3. The van der Waals surface area contributed by atoms with E-state index in [9.17, 15) is 24.6 Å². The Kier molecular flexibility index (Phi) is 16.4. The number of fused-ring (bicyclic) bond motifs is 1. The average molecular weight is 1110 g/mol. The number of hydrogen-bond acceptors (Lipinski definition) is 15. The number of benzene rings is 7. The Morgan fingerprint density at radius 3 is 1.87 bits per heavy atom. The van der Waals surface area contributed by atoms with Crippen molar-refractivity contribution in [1.82, 2.24) is 15.2 Å². The molecule has 2 amide bonds. The third-order valence-corrected chi connectivity index (χ3v) is 15.7. The number of oxime groups is 1. The first-order valence-electron chi connectivity index (χ1n) is 24.9. The van der Waals surface area contributed by atoms with Crippen LogP contribution in [0.25, 0.3) is 0 Å². The number of phenolic OH excluding ortho intramolecular Hbond substituents is 2. The lowest BCUT2D eigenvalue weighted by molar-refractivity contribution is -0.162. The van der Waals surface area contributed by atoms with Crippen LogP contribution in [0, 0.1) is 0 Å². The van der Waals surface area contributed by atoms with E-state index in [1.54, 1.807) is 61.0 Å². The summed E-state index contributed by atoms with van der Waals surface area (Å²) in [6, 6.07) is 57.1. The summed E-state index contributed by atoms with van der Waals surface area (Å²) in [7, 11) is 1.55. The van der Waals surface area contributed by atoms with Gasteiger partial charge in [0.25, 0.3) is 11.8 Å². The maximum Gasteiger partial charge on any atom is 0.355 e. The maximum absolute atomic E-state index is 15.1. The van der Waals surface area contributed by atoms with Crippen LogP contribution in [0.3, 0.4) is 0 Å². The minimum Gasteiger partial charge on any atom is -0.504 e. The van der Waals surface area contributed by atoms with E-state index in [0.717, 1.165) is 22.8 Å². The van der Waals surface area contributed by atoms with Crippen molar-refractivity contribution >= 4 is 69.3 Å². The van der Waals surface area contributed by atoms with Gasteiger partial charge in [0.1, 0.15) is 40.7 Å². The zero-order valence-electron chi connectivity index (χ0n) is 42.2. The highest BCUT2D eigenvalue weighted by molar-refractivity contribution is 8.00. The first kappa shape index (κ1) is 53.5. The number of halogens is 1. The van der Waals surface area contributed by atoms with Crippen molar-refractivity contribution in [3.63, 3.8) is 0 Å². The first-order chi connectivity index (χ1) is 38.6. The van der Waals surface area contributed by atoms with Crippen LogP contribution in [0.5, 0.6) is 17.2 Å². The molecule has 0 saturated carbocycles. The smallest absolute Gasteiger partial charge is 0.355 e. The molecule has 10 rings (SSSR count). The number of esters is 2. The second kappa shape index (κ2) is 24.2. The highest BCUT2D eigenvalue weighted by Gasteiger charge is 2.55. The molecule has 0 spiro atoms. The summed E-state index contributed by atoms with van der Waals surface area (Å²) in [6.07, 6.45) is -2.70. The lowest BCUT2D eigenvalue weighted by Crippen LogP contribution is -2.71. The van der Waals surface area contributed by atoms with E-state index in [1.807, 2.05) is 127 Å². The quantitative estimate of drug-likeness (QED) is 0.0107. The van der Waals surface area contributed by atoms with Gasteiger partial charge in [-0.3, -0.25) is 14.5 Å². The summed E-state index contributed by atoms with van der Waals surface area (Å²) in [5.74, 6) is -3.46. The van der Waals surface area contributed by atoms with Crippen molar-refractivity contribution in [3.05, 3.63) is 255 Å². The highest BCUT2D eigenvalue weighted by atomic mass is 35.5. The molecule has 79 heavy (non-hydrogen) atoms. The number of β-lactam (4-membered cyclic amide) rings is 1. The second-order valence-corrected chi connectivity index (χ2v) is 20.4. The fourth-order valence-corrected chi connectivity index (χ4v) is 11.7. The van der Waals surface area contributed by atoms with Crippen LogP contribution in [-0.4, -0.2) is 79.7 Å². The van der Waals surface area contributed by atoms with Gasteiger partial charge in [0.15, 0.2) is 28.4 Å². The van der Waals surface area contributed by atoms with Gasteiger partial charge >= 0.3 is 11.9 Å². The topological polar surface area (TPSA) is 198 Å². The van der Waals surface area contributed by atoms with E-state index in [0.29, 0.717) is 33.1 Å². The summed E-state index contributed by atoms with van der Waals surface area (Å²) in [4.78, 5) is 70.3. The molecule has 8 aromatic rings. The Labute approximate surface area is 468 Å². The van der Waals surface area contributed by atoms with Crippen LogP contribution in [-0.2, 0) is 45.6 Å². The van der Waals surface area contributed by atoms with Crippen molar-refractivity contribution in [3.8, 4) is 17.2 Å². The number of alkyl halides is 1. The molecule has 398 valence electrons. The number of aromatic nitrogens is 1. The van der Waals surface area contributed by atoms with Crippen molar-refractivity contribution in [2.24, 2.45) is 5.16 Å². The third-order valence-electron chi connectivity index (χ3n) is 13.3. The Morgan fingerprint density at radius 2 is 1.33 bits per heavy atom. The minimum absolute atomic E-state index is 0.00301. The Morgan fingerprint density at radius 1 is 0.759 bits per heavy atom. The van der Waals surface area contributed by atoms with Crippen LogP contribution >= 0.6 is 34.7 Å². The van der Waals surface area contributed by atoms with E-state index in [-0.39, 0.29) is 35.2 Å². The van der Waals surface area contributed by atoms with E-state index in [2.05, 4.69) is 15.8 Å². The number of aromatic hydroxyl groups is 2. The summed E-state index contributed by atoms with van der Waals surface area (Å²) in [5, 5.41) is 33.2. The fourth-order valence-electron chi connectivity index (χ4n) is 9.32. The number of carbonyl (C=O) groups excluding carboxylic acids is 4. The van der Waals surface area contributed by atoms with Crippen molar-refractivity contribution in [1.29, 1.82) is 0 Å². The summed E-state index contributed by atoms with van der Waals surface area (Å²) in [5.41, 5.74) is 3.64. The van der Waals surface area contributed by atoms with E-state index in [4.69, 9.17) is 35.6 Å². The zero-order chi connectivity index (χ0) is 54.9. The second-order valence-electron chi connectivity index (χ2n) is 18.2. The molecule has 1 fully saturated rings. The zero-order valence-corrected chi connectivity index (χ0v) is 44.6. The van der Waals surface area contributed by atoms with Gasteiger partial charge < -0.3 is 39.9 Å². The highest BCUT2D eigenvalue weighted by Crippen LogP contribution is 2.43. The number of methoxy groups -OCH3 is 1. The van der Waals surface area contributed by atoms with Crippen LogP contribution in [0.4, 0.5) is 5.13 Å². The molecule has 0 bridgehead atoms. The number of anilines is 1. The molecular formula is C61H50ClN5O10S2. The predicted octanol–water partition coefficient (Wildman–Crippen LogP) is 10.4. The molecule has 15 nitrogen and oxygen atoms in total. The molecular weight excluding hydrogens is 1060 g/mol. The normalized spacial score (nSPS) is 15.6. The molecule has 2 aliphatic rings. The van der Waals surface area contributed by atoms with E-state index >= 15 is 4.79 Å². The van der Waals surface area contributed by atoms with Gasteiger partial charge in [-0.1, -0.05) is 175 Å². The molecule has 18 heteroatoms. The summed E-state index contributed by atoms with van der Waals surface area (Å²) in [6.45, 7) is -0.0904. The Hall–Kier alpha value is -8.90. The fraction of sp³-hybridized carbons (Fsp3) is 0.148. The molecule has 2 aliphatic heterocycles. The van der Waals surface area contributed by atoms with Gasteiger partial charge in [0, 0.05) is 22.6 Å². The molecule has 7 aromatic carbocycles. The van der Waals surface area contributed by atoms with Gasteiger partial charge in [-0.25, -0.2) is 14.6 Å². The molecule has 0 radical (unpaired) electrons. The van der Waals surface area contributed by atoms with Gasteiger partial charge in [0.05, 0.1) is 7.11 Å². The number of thiazole rings is 1. The first-order valence-corrected chi connectivity index (χ1v) is 27.3. The largest absolute Gasteiger partial charge is 0.504 e. The summed E-state index contributed by atoms with van der Waals surface area (Å²) >= 11 is 8.84. The number of ether oxygens (including phenoxy) is 3. The average Bonchev–Trinajstić information content (AvgIpc) is 4.06. The molecule has 0 aliphatic carbocycles. The van der Waals surface area contributed by atoms with E-state index in [1.165, 1.54) is 40.1 Å². The molecule has 1 aromatic heterocycles. The van der Waals surface area contributed by atoms with Crippen LogP contribution in [0.15, 0.2) is 216 Å². The number of amides is 2. The van der Waals surface area contributed by atoms with Crippen molar-refractivity contribution in [2.45, 2.75) is 35.8 Å². The molecule has 4 N–H and O–H groups in total. The lowest BCUT2D eigenvalue weighted by atomic mass is 9.77. The van der Waals surface area contributed by atoms with E-state index < -0.39 is 70.1 Å². The number of thioether (sulfide) groups is 1. The predicted molar refractivity (Wildman–Crippen MR) is 301 cm³/mol. The van der Waals surface area contributed by atoms with Gasteiger partial charge in [-0.05, 0) is 63.2 Å². The standard InChI is InChI=1S/C61H50ClN5O10S2/c1-74-46-30-27-38(28-31-46)35-75-58(72)52-42(34-62)36-78-57-51(56(71)67(52)57)64-55(70)50(47-37-79-60(63-47)65-61(43-21-11-4-12-22-43,44-23-13-5-14-24-44)45-25-15-6-16-26-45)66-77-54(41-29-32-48(68)49(69)33-41)59(73)76-53(39-17-7-2-8-18-39)40-19-9-3-10-20-40/h2-33,37,51,53-54,57,68-69H,34-36H2,1H3,(H,63,65)(H,64,70)/b66-50-/t51?,54-,57+/m1/s1. The van der Waals surface area contributed by atoms with Crippen molar-refractivity contribution in [2.75, 3.05) is 24.1 Å². The minimum atomic E-state index is -1.76. The molecule has 1 unspecified atom stereocenters. The van der Waals surface area contributed by atoms with Crippen LogP contribution in [0.2, 0.25) is 0 Å². The summed E-state index contributed by atoms with van der Waals surface area (Å²) < 4.78 is 17.2. The number of rotatable bonds is 20. The van der Waals surface area contributed by atoms with Crippen molar-refractivity contribution < 1.29 is 48.4 Å². The Balaban J connectivity index is 1.01. The number of nitrogens with one attached hydrogen (secondary N) is 2. The monoisotopic (exact) mass is 1110 g/mol. The van der Waals surface area contributed by atoms with Crippen LogP contribution in [0.1, 0.15) is 56.8 Å². The molecule has 3 heterocycles. The van der Waals surface area contributed by atoms with Crippen LogP contribution < -0.4 is 15.4 Å². The Bertz CT molecular complexity index is 3380. The maximum atomic E-state index is 15.1. The van der Waals surface area contributed by atoms with Gasteiger partial charge in [0.2, 0.25) is 6.10 Å². The van der Waals surface area contributed by atoms with Gasteiger partial charge in [-0.15, -0.1) is 34.7 Å².